The Morgan fingerprint density at radius 1 is 1.42 bits per heavy atom. The van der Waals surface area contributed by atoms with E-state index >= 15 is 0 Å². The maximum atomic E-state index is 12.0. The number of carbonyl (C=O) groups excluding carboxylic acids is 1. The van der Waals surface area contributed by atoms with Gasteiger partial charge >= 0.3 is 5.97 Å². The quantitative estimate of drug-likeness (QED) is 0.738. The van der Waals surface area contributed by atoms with E-state index in [1.165, 1.54) is 0 Å². The first-order valence-electron chi connectivity index (χ1n) is 5.78. The lowest BCUT2D eigenvalue weighted by Gasteiger charge is -2.31. The van der Waals surface area contributed by atoms with Crippen molar-refractivity contribution in [3.8, 4) is 0 Å². The minimum absolute atomic E-state index is 0.00454. The molecule has 0 atom stereocenters. The number of aliphatic carboxylic acids is 1. The smallest absolute Gasteiger partial charge is 0.329 e. The highest BCUT2D eigenvalue weighted by Gasteiger charge is 2.27. The first-order valence-corrected chi connectivity index (χ1v) is 5.78. The molecular formula is C10H14N4O5. The number of carboxylic acid groups (broad SMARTS) is 1. The van der Waals surface area contributed by atoms with Crippen LogP contribution in [0.3, 0.4) is 0 Å². The summed E-state index contributed by atoms with van der Waals surface area (Å²) in [4.78, 5) is 23.9. The van der Waals surface area contributed by atoms with Gasteiger partial charge in [-0.1, -0.05) is 0 Å². The highest BCUT2D eigenvalue weighted by Crippen LogP contribution is 2.17. The number of aromatic nitrogens is 2. The van der Waals surface area contributed by atoms with E-state index in [2.05, 4.69) is 14.9 Å². The molecule has 1 fully saturated rings. The van der Waals surface area contributed by atoms with E-state index in [0.29, 0.717) is 25.9 Å². The number of piperidine rings is 1. The van der Waals surface area contributed by atoms with Crippen LogP contribution < -0.4 is 5.73 Å². The summed E-state index contributed by atoms with van der Waals surface area (Å²) in [5, 5.41) is 15.3. The first kappa shape index (κ1) is 13.3. The number of carboxylic acids is 1. The number of likely N-dealkylation sites (tertiary alicyclic amines) is 1. The zero-order valence-electron chi connectivity index (χ0n) is 10.1. The number of nitrogens with zero attached hydrogens (tertiary/aromatic N) is 3. The van der Waals surface area contributed by atoms with Crippen molar-refractivity contribution in [1.29, 1.82) is 0 Å². The van der Waals surface area contributed by atoms with Crippen LogP contribution in [-0.2, 0) is 9.53 Å². The fraction of sp³-hybridized carbons (Fsp3) is 0.600. The molecule has 1 aromatic rings. The fourth-order valence-electron chi connectivity index (χ4n) is 1.91. The molecule has 1 aliphatic rings. The topological polar surface area (TPSA) is 132 Å². The molecule has 0 aliphatic carbocycles. The predicted molar refractivity (Wildman–Crippen MR) is 61.2 cm³/mol. The van der Waals surface area contributed by atoms with Gasteiger partial charge in [-0.3, -0.25) is 4.79 Å². The summed E-state index contributed by atoms with van der Waals surface area (Å²) in [5.41, 5.74) is 5.46. The summed E-state index contributed by atoms with van der Waals surface area (Å²) < 4.78 is 9.56. The molecule has 19 heavy (non-hydrogen) atoms. The maximum Gasteiger partial charge on any atom is 0.329 e. The van der Waals surface area contributed by atoms with E-state index in [-0.39, 0.29) is 30.1 Å². The Balaban J connectivity index is 1.85. The normalized spacial score (nSPS) is 16.5. The molecule has 104 valence electrons. The molecule has 1 saturated heterocycles. The molecule has 9 heteroatoms. The van der Waals surface area contributed by atoms with Crippen molar-refractivity contribution >= 4 is 17.7 Å². The molecule has 1 aromatic heterocycles. The van der Waals surface area contributed by atoms with E-state index < -0.39 is 5.97 Å². The second-order valence-corrected chi connectivity index (χ2v) is 4.19. The van der Waals surface area contributed by atoms with Crippen LogP contribution in [0, 0.1) is 0 Å². The van der Waals surface area contributed by atoms with E-state index in [9.17, 15) is 9.59 Å². The average molecular weight is 270 g/mol. The molecular weight excluding hydrogens is 256 g/mol. The van der Waals surface area contributed by atoms with Gasteiger partial charge in [-0.15, -0.1) is 0 Å². The summed E-state index contributed by atoms with van der Waals surface area (Å²) in [5.74, 6) is -1.37. The van der Waals surface area contributed by atoms with Crippen LogP contribution in [0.1, 0.15) is 23.3 Å². The van der Waals surface area contributed by atoms with Crippen LogP contribution in [0.4, 0.5) is 5.82 Å². The molecule has 2 rings (SSSR count). The van der Waals surface area contributed by atoms with E-state index in [4.69, 9.17) is 15.6 Å². The standard InChI is InChI=1S/C10H14N4O5/c11-9-8(12-19-13-9)10(17)14-3-1-6(2-4-14)18-5-7(15)16/h6H,1-5H2,(H2,11,13)(H,15,16). The summed E-state index contributed by atoms with van der Waals surface area (Å²) in [6, 6.07) is 0. The van der Waals surface area contributed by atoms with Crippen molar-refractivity contribution in [3.63, 3.8) is 0 Å². The van der Waals surface area contributed by atoms with Crippen molar-refractivity contribution < 1.29 is 24.1 Å². The molecule has 9 nitrogen and oxygen atoms in total. The van der Waals surface area contributed by atoms with Gasteiger partial charge in [-0.05, 0) is 23.2 Å². The second-order valence-electron chi connectivity index (χ2n) is 4.19. The van der Waals surface area contributed by atoms with Gasteiger partial charge in [0.25, 0.3) is 5.91 Å². The van der Waals surface area contributed by atoms with Gasteiger partial charge in [0.05, 0.1) is 6.10 Å². The Morgan fingerprint density at radius 3 is 2.63 bits per heavy atom. The molecule has 0 bridgehead atoms. The third-order valence-corrected chi connectivity index (χ3v) is 2.89. The van der Waals surface area contributed by atoms with Crippen LogP contribution in [0.15, 0.2) is 4.63 Å². The molecule has 0 radical (unpaired) electrons. The van der Waals surface area contributed by atoms with Crippen LogP contribution in [0.2, 0.25) is 0 Å². The Kier molecular flexibility index (Phi) is 3.95. The lowest BCUT2D eigenvalue weighted by molar-refractivity contribution is -0.145. The van der Waals surface area contributed by atoms with Gasteiger partial charge in [0.2, 0.25) is 11.5 Å². The molecule has 3 N–H and O–H groups in total. The van der Waals surface area contributed by atoms with Crippen LogP contribution in [0.25, 0.3) is 0 Å². The summed E-state index contributed by atoms with van der Waals surface area (Å²) in [6.07, 6.45) is 1.00. The minimum Gasteiger partial charge on any atom is -0.480 e. The SMILES string of the molecule is Nc1nonc1C(=O)N1CCC(OCC(=O)O)CC1. The highest BCUT2D eigenvalue weighted by molar-refractivity contribution is 5.96. The van der Waals surface area contributed by atoms with Crippen LogP contribution >= 0.6 is 0 Å². The van der Waals surface area contributed by atoms with Crippen LogP contribution in [-0.4, -0.2) is 58.0 Å². The Labute approximate surface area is 108 Å². The number of nitrogen functional groups attached to an aromatic ring is 1. The molecule has 0 unspecified atom stereocenters. The number of rotatable bonds is 4. The number of nitrogens with two attached hydrogens (primary N) is 1. The molecule has 0 saturated carbocycles. The van der Waals surface area contributed by atoms with Crippen molar-refractivity contribution in [2.45, 2.75) is 18.9 Å². The lowest BCUT2D eigenvalue weighted by Crippen LogP contribution is -2.41. The number of anilines is 1. The van der Waals surface area contributed by atoms with Gasteiger partial charge in [0, 0.05) is 13.1 Å². The Morgan fingerprint density at radius 2 is 2.11 bits per heavy atom. The number of ether oxygens (including phenoxy) is 1. The van der Waals surface area contributed by atoms with Crippen molar-refractivity contribution in [2.24, 2.45) is 0 Å². The molecule has 1 aliphatic heterocycles. The first-order chi connectivity index (χ1) is 9.08. The summed E-state index contributed by atoms with van der Waals surface area (Å²) in [6.45, 7) is 0.587. The van der Waals surface area contributed by atoms with E-state index in [1.807, 2.05) is 0 Å². The number of carbonyl (C=O) groups is 2. The highest BCUT2D eigenvalue weighted by atomic mass is 16.6. The molecule has 0 spiro atoms. The van der Waals surface area contributed by atoms with Crippen molar-refractivity contribution in [1.82, 2.24) is 15.2 Å². The fourth-order valence-corrected chi connectivity index (χ4v) is 1.91. The predicted octanol–water partition coefficient (Wildman–Crippen LogP) is -0.642. The van der Waals surface area contributed by atoms with Gasteiger partial charge in [0.15, 0.2) is 0 Å². The molecule has 0 aromatic carbocycles. The number of hydrogen-bond donors (Lipinski definition) is 2. The van der Waals surface area contributed by atoms with Crippen LogP contribution in [0.5, 0.6) is 0 Å². The van der Waals surface area contributed by atoms with E-state index in [0.717, 1.165) is 0 Å². The van der Waals surface area contributed by atoms with E-state index in [1.54, 1.807) is 4.90 Å². The monoisotopic (exact) mass is 270 g/mol. The molecule has 2 heterocycles. The third-order valence-electron chi connectivity index (χ3n) is 2.89. The zero-order chi connectivity index (χ0) is 13.8. The third kappa shape index (κ3) is 3.19. The number of hydrogen-bond acceptors (Lipinski definition) is 7. The van der Waals surface area contributed by atoms with Crippen molar-refractivity contribution in [2.75, 3.05) is 25.4 Å². The zero-order valence-corrected chi connectivity index (χ0v) is 10.1. The Bertz CT molecular complexity index is 466. The Hall–Kier alpha value is -2.16. The maximum absolute atomic E-state index is 12.0. The average Bonchev–Trinajstić information content (AvgIpc) is 2.82. The summed E-state index contributed by atoms with van der Waals surface area (Å²) >= 11 is 0. The minimum atomic E-state index is -1.00. The number of amides is 1. The van der Waals surface area contributed by atoms with Crippen molar-refractivity contribution in [3.05, 3.63) is 5.69 Å². The largest absolute Gasteiger partial charge is 0.480 e. The second kappa shape index (κ2) is 5.65. The van der Waals surface area contributed by atoms with Gasteiger partial charge in [-0.25, -0.2) is 9.42 Å². The van der Waals surface area contributed by atoms with Gasteiger partial charge < -0.3 is 20.5 Å². The molecule has 1 amide bonds. The summed E-state index contributed by atoms with van der Waals surface area (Å²) in [7, 11) is 0. The van der Waals surface area contributed by atoms with Gasteiger partial charge in [-0.2, -0.15) is 0 Å². The van der Waals surface area contributed by atoms with Gasteiger partial charge in [0.1, 0.15) is 6.61 Å². The lowest BCUT2D eigenvalue weighted by atomic mass is 10.1.